The molecule has 1 aromatic carbocycles. The lowest BCUT2D eigenvalue weighted by molar-refractivity contribution is 0.201. The quantitative estimate of drug-likeness (QED) is 0.727. The molecule has 0 amide bonds. The van der Waals surface area contributed by atoms with Crippen molar-refractivity contribution in [3.63, 3.8) is 0 Å². The predicted octanol–water partition coefficient (Wildman–Crippen LogP) is 2.43. The number of fused-ring (bicyclic) bond motifs is 1. The molecule has 0 saturated heterocycles. The number of aryl methyl sites for hydroxylation is 2. The molecule has 5 nitrogen and oxygen atoms in total. The second-order valence-electron chi connectivity index (χ2n) is 4.65. The first-order valence-corrected chi connectivity index (χ1v) is 6.51. The highest BCUT2D eigenvalue weighted by Gasteiger charge is 2.16. The summed E-state index contributed by atoms with van der Waals surface area (Å²) in [5, 5.41) is 10.4. The summed E-state index contributed by atoms with van der Waals surface area (Å²) in [5.41, 5.74) is 1.83. The Morgan fingerprint density at radius 1 is 1.25 bits per heavy atom. The van der Waals surface area contributed by atoms with E-state index in [2.05, 4.69) is 4.98 Å². The van der Waals surface area contributed by atoms with Crippen molar-refractivity contribution in [1.29, 1.82) is 0 Å². The molecule has 0 aliphatic carbocycles. The third-order valence-electron chi connectivity index (χ3n) is 3.46. The molecule has 0 aliphatic heterocycles. The minimum atomic E-state index is -0.133. The van der Waals surface area contributed by atoms with Gasteiger partial charge in [0, 0.05) is 18.2 Å². The molecule has 2 aromatic heterocycles. The predicted molar refractivity (Wildman–Crippen MR) is 77.0 cm³/mol. The smallest absolute Gasteiger partial charge is 0.208 e. The molecule has 0 atom stereocenters. The number of nitrogens with zero attached hydrogens (tertiary/aromatic N) is 3. The van der Waals surface area contributed by atoms with Crippen molar-refractivity contribution in [2.75, 3.05) is 0 Å². The van der Waals surface area contributed by atoms with Crippen molar-refractivity contribution >= 4 is 11.2 Å². The minimum Gasteiger partial charge on any atom is -0.426 e. The second kappa shape index (κ2) is 4.52. The standard InChI is InChI=1S/C15H15N3O2/c1-3-17-10(2)16-15-14(17)13(19)9-12(18(15)20)11-7-5-4-6-8-11/h4-9,20H,3H2,1-2H3. The Kier molecular flexibility index (Phi) is 2.82. The fourth-order valence-electron chi connectivity index (χ4n) is 2.51. The Hall–Kier alpha value is -2.56. The molecule has 3 aromatic rings. The average Bonchev–Trinajstić information content (AvgIpc) is 2.81. The highest BCUT2D eigenvalue weighted by Crippen LogP contribution is 2.21. The zero-order valence-corrected chi connectivity index (χ0v) is 11.4. The SMILES string of the molecule is CCn1c(C)nc2c1c(=O)cc(-c1ccccc1)n2O. The van der Waals surface area contributed by atoms with Gasteiger partial charge < -0.3 is 9.77 Å². The first-order chi connectivity index (χ1) is 9.63. The summed E-state index contributed by atoms with van der Waals surface area (Å²) in [6, 6.07) is 10.7. The van der Waals surface area contributed by atoms with Gasteiger partial charge in [0.05, 0.1) is 5.69 Å². The fourth-order valence-corrected chi connectivity index (χ4v) is 2.51. The largest absolute Gasteiger partial charge is 0.426 e. The number of pyridine rings is 1. The lowest BCUT2D eigenvalue weighted by Gasteiger charge is -2.08. The van der Waals surface area contributed by atoms with Crippen molar-refractivity contribution in [3.05, 3.63) is 52.4 Å². The van der Waals surface area contributed by atoms with Gasteiger partial charge in [0.1, 0.15) is 11.3 Å². The molecule has 2 heterocycles. The maximum atomic E-state index is 12.3. The number of hydrogen-bond donors (Lipinski definition) is 1. The second-order valence-corrected chi connectivity index (χ2v) is 4.65. The van der Waals surface area contributed by atoms with Gasteiger partial charge in [-0.25, -0.2) is 4.98 Å². The zero-order chi connectivity index (χ0) is 14.3. The Balaban J connectivity index is 2.39. The van der Waals surface area contributed by atoms with Crippen LogP contribution in [0.4, 0.5) is 0 Å². The number of imidazole rings is 1. The van der Waals surface area contributed by atoms with Crippen LogP contribution in [0.5, 0.6) is 0 Å². The summed E-state index contributed by atoms with van der Waals surface area (Å²) >= 11 is 0. The minimum absolute atomic E-state index is 0.133. The van der Waals surface area contributed by atoms with Gasteiger partial charge in [-0.2, -0.15) is 4.73 Å². The third kappa shape index (κ3) is 1.71. The maximum absolute atomic E-state index is 12.3. The summed E-state index contributed by atoms with van der Waals surface area (Å²) in [7, 11) is 0. The molecule has 0 radical (unpaired) electrons. The monoisotopic (exact) mass is 269 g/mol. The molecular weight excluding hydrogens is 254 g/mol. The number of benzene rings is 1. The van der Waals surface area contributed by atoms with E-state index >= 15 is 0 Å². The van der Waals surface area contributed by atoms with E-state index in [0.717, 1.165) is 10.3 Å². The highest BCUT2D eigenvalue weighted by atomic mass is 16.5. The van der Waals surface area contributed by atoms with Crippen LogP contribution < -0.4 is 5.43 Å². The average molecular weight is 269 g/mol. The zero-order valence-electron chi connectivity index (χ0n) is 11.4. The molecule has 0 saturated carbocycles. The van der Waals surface area contributed by atoms with Crippen molar-refractivity contribution < 1.29 is 5.21 Å². The highest BCUT2D eigenvalue weighted by molar-refractivity contribution is 5.76. The molecule has 3 rings (SSSR count). The van der Waals surface area contributed by atoms with E-state index in [1.807, 2.05) is 44.2 Å². The molecule has 0 unspecified atom stereocenters. The normalized spacial score (nSPS) is 11.1. The molecule has 0 fully saturated rings. The molecule has 102 valence electrons. The third-order valence-corrected chi connectivity index (χ3v) is 3.46. The van der Waals surface area contributed by atoms with E-state index < -0.39 is 0 Å². The van der Waals surface area contributed by atoms with Crippen molar-refractivity contribution in [2.45, 2.75) is 20.4 Å². The topological polar surface area (TPSA) is 60.0 Å². The summed E-state index contributed by atoms with van der Waals surface area (Å²) < 4.78 is 2.80. The van der Waals surface area contributed by atoms with Crippen LogP contribution >= 0.6 is 0 Å². The van der Waals surface area contributed by atoms with Crippen molar-refractivity contribution in [3.8, 4) is 11.3 Å². The van der Waals surface area contributed by atoms with Crippen molar-refractivity contribution in [2.24, 2.45) is 0 Å². The van der Waals surface area contributed by atoms with Crippen LogP contribution in [0.2, 0.25) is 0 Å². The van der Waals surface area contributed by atoms with E-state index in [1.165, 1.54) is 6.07 Å². The Bertz CT molecular complexity index is 832. The summed E-state index contributed by atoms with van der Waals surface area (Å²) in [4.78, 5) is 16.6. The van der Waals surface area contributed by atoms with Gasteiger partial charge in [-0.05, 0) is 13.8 Å². The number of aromatic nitrogens is 3. The number of hydrogen-bond acceptors (Lipinski definition) is 3. The lowest BCUT2D eigenvalue weighted by Crippen LogP contribution is -2.12. The van der Waals surface area contributed by atoms with Gasteiger partial charge in [0.25, 0.3) is 0 Å². The maximum Gasteiger partial charge on any atom is 0.208 e. The molecule has 1 N–H and O–H groups in total. The Morgan fingerprint density at radius 3 is 2.60 bits per heavy atom. The van der Waals surface area contributed by atoms with Gasteiger partial charge in [-0.3, -0.25) is 4.79 Å². The first-order valence-electron chi connectivity index (χ1n) is 6.51. The van der Waals surface area contributed by atoms with Crippen LogP contribution in [0, 0.1) is 6.92 Å². The summed E-state index contributed by atoms with van der Waals surface area (Å²) in [5.74, 6) is 0.715. The van der Waals surface area contributed by atoms with Crippen LogP contribution in [-0.2, 0) is 6.54 Å². The van der Waals surface area contributed by atoms with E-state index in [-0.39, 0.29) is 5.43 Å². The van der Waals surface area contributed by atoms with Gasteiger partial charge in [0.2, 0.25) is 5.43 Å². The van der Waals surface area contributed by atoms with Crippen LogP contribution in [0.15, 0.2) is 41.2 Å². The van der Waals surface area contributed by atoms with Crippen LogP contribution in [0.25, 0.3) is 22.4 Å². The van der Waals surface area contributed by atoms with Gasteiger partial charge in [0.15, 0.2) is 5.65 Å². The molecule has 20 heavy (non-hydrogen) atoms. The molecule has 5 heteroatoms. The summed E-state index contributed by atoms with van der Waals surface area (Å²) in [6.45, 7) is 4.41. The first kappa shape index (κ1) is 12.5. The van der Waals surface area contributed by atoms with E-state index in [0.29, 0.717) is 29.2 Å². The van der Waals surface area contributed by atoms with Crippen LogP contribution in [-0.4, -0.2) is 19.5 Å². The van der Waals surface area contributed by atoms with E-state index in [9.17, 15) is 10.0 Å². The molecule has 0 aliphatic rings. The van der Waals surface area contributed by atoms with Gasteiger partial charge >= 0.3 is 0 Å². The number of rotatable bonds is 2. The summed E-state index contributed by atoms with van der Waals surface area (Å²) in [6.07, 6.45) is 0. The molecule has 0 spiro atoms. The van der Waals surface area contributed by atoms with Gasteiger partial charge in [-0.15, -0.1) is 0 Å². The van der Waals surface area contributed by atoms with E-state index in [4.69, 9.17) is 0 Å². The Morgan fingerprint density at radius 2 is 1.95 bits per heavy atom. The molecule has 0 bridgehead atoms. The fraction of sp³-hybridized carbons (Fsp3) is 0.200. The molecular formula is C15H15N3O2. The lowest BCUT2D eigenvalue weighted by atomic mass is 10.1. The van der Waals surface area contributed by atoms with E-state index in [1.54, 1.807) is 4.57 Å². The van der Waals surface area contributed by atoms with Gasteiger partial charge in [-0.1, -0.05) is 30.3 Å². The van der Waals surface area contributed by atoms with Crippen molar-refractivity contribution in [1.82, 2.24) is 14.3 Å². The Labute approximate surface area is 115 Å². The van der Waals surface area contributed by atoms with Crippen LogP contribution in [0.1, 0.15) is 12.7 Å². The van der Waals surface area contributed by atoms with Crippen LogP contribution in [0.3, 0.4) is 0 Å².